The standard InChI is InChI=1S/C25H27ClN4O4/c1-28-8-10-29(11-9-28)20-7-2-4-17-21(31)16-22(34-24(17)20)25(32)27-19-6-3-5-18(26)23(19)30-12-14-33-15-13-30/h2-7,16H,8-15H2,1H3,(H,27,32). The van der Waals surface area contributed by atoms with Gasteiger partial charge in [-0.1, -0.05) is 23.7 Å². The number of hydrogen-bond donors (Lipinski definition) is 1. The van der Waals surface area contributed by atoms with Gasteiger partial charge in [-0.2, -0.15) is 0 Å². The summed E-state index contributed by atoms with van der Waals surface area (Å²) in [6.07, 6.45) is 0. The van der Waals surface area contributed by atoms with E-state index in [-0.39, 0.29) is 11.2 Å². The number of hydrogen-bond acceptors (Lipinski definition) is 7. The fourth-order valence-corrected chi connectivity index (χ4v) is 4.77. The van der Waals surface area contributed by atoms with Crippen molar-refractivity contribution < 1.29 is 13.9 Å². The minimum Gasteiger partial charge on any atom is -0.448 e. The number of halogens is 1. The lowest BCUT2D eigenvalue weighted by Gasteiger charge is -2.34. The molecule has 2 fully saturated rings. The first kappa shape index (κ1) is 22.7. The van der Waals surface area contributed by atoms with E-state index in [9.17, 15) is 9.59 Å². The number of ether oxygens (including phenoxy) is 1. The van der Waals surface area contributed by atoms with Crippen LogP contribution in [0.5, 0.6) is 0 Å². The number of carbonyl (C=O) groups excluding carboxylic acids is 1. The molecule has 0 bridgehead atoms. The van der Waals surface area contributed by atoms with Crippen molar-refractivity contribution in [1.82, 2.24) is 4.90 Å². The highest BCUT2D eigenvalue weighted by molar-refractivity contribution is 6.34. The monoisotopic (exact) mass is 482 g/mol. The Hall–Kier alpha value is -3.07. The van der Waals surface area contributed by atoms with Crippen molar-refractivity contribution in [3.05, 3.63) is 63.5 Å². The van der Waals surface area contributed by atoms with E-state index < -0.39 is 5.91 Å². The molecule has 1 aromatic heterocycles. The van der Waals surface area contributed by atoms with Crippen LogP contribution in [0.4, 0.5) is 17.1 Å². The van der Waals surface area contributed by atoms with Gasteiger partial charge in [-0.05, 0) is 31.3 Å². The Balaban J connectivity index is 1.48. The number of piperazine rings is 1. The van der Waals surface area contributed by atoms with E-state index >= 15 is 0 Å². The number of amides is 1. The summed E-state index contributed by atoms with van der Waals surface area (Å²) >= 11 is 6.50. The number of nitrogens with one attached hydrogen (secondary N) is 1. The summed E-state index contributed by atoms with van der Waals surface area (Å²) in [5, 5.41) is 3.90. The minimum absolute atomic E-state index is 0.0352. The summed E-state index contributed by atoms with van der Waals surface area (Å²) in [6.45, 7) is 6.00. The van der Waals surface area contributed by atoms with E-state index in [1.165, 1.54) is 6.07 Å². The zero-order valence-corrected chi connectivity index (χ0v) is 19.8. The maximum atomic E-state index is 13.2. The molecule has 2 aliphatic heterocycles. The van der Waals surface area contributed by atoms with Crippen LogP contribution >= 0.6 is 11.6 Å². The van der Waals surface area contributed by atoms with Crippen LogP contribution in [0.3, 0.4) is 0 Å². The van der Waals surface area contributed by atoms with Gasteiger partial charge >= 0.3 is 0 Å². The van der Waals surface area contributed by atoms with Crippen LogP contribution < -0.4 is 20.5 Å². The zero-order chi connectivity index (χ0) is 23.7. The van der Waals surface area contributed by atoms with Gasteiger partial charge in [-0.3, -0.25) is 9.59 Å². The number of morpholine rings is 1. The van der Waals surface area contributed by atoms with Gasteiger partial charge in [-0.25, -0.2) is 0 Å². The highest BCUT2D eigenvalue weighted by atomic mass is 35.5. The average Bonchev–Trinajstić information content (AvgIpc) is 2.85. The highest BCUT2D eigenvalue weighted by Crippen LogP contribution is 2.35. The van der Waals surface area contributed by atoms with Crippen LogP contribution in [0, 0.1) is 0 Å². The minimum atomic E-state index is -0.496. The SMILES string of the molecule is CN1CCN(c2cccc3c(=O)cc(C(=O)Nc4cccc(Cl)c4N4CCOCC4)oc23)CC1. The fourth-order valence-electron chi connectivity index (χ4n) is 4.48. The number of rotatable bonds is 4. The molecule has 0 radical (unpaired) electrons. The number of nitrogens with zero attached hydrogens (tertiary/aromatic N) is 3. The number of anilines is 3. The van der Waals surface area contributed by atoms with Crippen LogP contribution in [0.1, 0.15) is 10.6 Å². The van der Waals surface area contributed by atoms with Gasteiger partial charge in [0.1, 0.15) is 0 Å². The summed E-state index contributed by atoms with van der Waals surface area (Å²) in [4.78, 5) is 32.7. The van der Waals surface area contributed by atoms with Crippen LogP contribution in [-0.4, -0.2) is 70.3 Å². The van der Waals surface area contributed by atoms with Crippen molar-refractivity contribution in [2.24, 2.45) is 0 Å². The first-order chi connectivity index (χ1) is 16.5. The van der Waals surface area contributed by atoms with Crippen LogP contribution in [0.25, 0.3) is 11.0 Å². The Morgan fingerprint density at radius 3 is 2.47 bits per heavy atom. The smallest absolute Gasteiger partial charge is 0.291 e. The average molecular weight is 483 g/mol. The largest absolute Gasteiger partial charge is 0.448 e. The van der Waals surface area contributed by atoms with Crippen LogP contribution in [-0.2, 0) is 4.74 Å². The molecule has 3 aromatic rings. The van der Waals surface area contributed by atoms with Crippen LogP contribution in [0.2, 0.25) is 5.02 Å². The second-order valence-corrected chi connectivity index (χ2v) is 9.02. The van der Waals surface area contributed by atoms with Crippen LogP contribution in [0.15, 0.2) is 51.7 Å². The molecular formula is C25H27ClN4O4. The van der Waals surface area contributed by atoms with Gasteiger partial charge in [0, 0.05) is 45.3 Å². The van der Waals surface area contributed by atoms with Crippen molar-refractivity contribution in [2.75, 3.05) is 74.6 Å². The molecule has 1 amide bonds. The lowest BCUT2D eigenvalue weighted by molar-refractivity contribution is 0.0997. The molecule has 0 atom stereocenters. The predicted octanol–water partition coefficient (Wildman–Crippen LogP) is 3.29. The molecule has 34 heavy (non-hydrogen) atoms. The number of para-hydroxylation sites is 2. The number of carbonyl (C=O) groups is 1. The molecule has 9 heteroatoms. The van der Waals surface area contributed by atoms with E-state index in [0.29, 0.717) is 48.0 Å². The Bertz CT molecular complexity index is 1260. The maximum Gasteiger partial charge on any atom is 0.291 e. The number of benzene rings is 2. The molecule has 5 rings (SSSR count). The summed E-state index contributed by atoms with van der Waals surface area (Å²) in [5.74, 6) is -0.532. The highest BCUT2D eigenvalue weighted by Gasteiger charge is 2.23. The van der Waals surface area contributed by atoms with Gasteiger partial charge in [0.2, 0.25) is 0 Å². The molecular weight excluding hydrogens is 456 g/mol. The molecule has 1 N–H and O–H groups in total. The normalized spacial score (nSPS) is 17.2. The fraction of sp³-hybridized carbons (Fsp3) is 0.360. The van der Waals surface area contributed by atoms with Crippen molar-refractivity contribution >= 4 is 45.5 Å². The van der Waals surface area contributed by atoms with Gasteiger partial charge in [0.25, 0.3) is 5.91 Å². The topological polar surface area (TPSA) is 78.3 Å². The van der Waals surface area contributed by atoms with Crippen molar-refractivity contribution in [3.8, 4) is 0 Å². The molecule has 0 unspecified atom stereocenters. The third kappa shape index (κ3) is 4.49. The summed E-state index contributed by atoms with van der Waals surface area (Å²) in [7, 11) is 2.09. The third-order valence-electron chi connectivity index (χ3n) is 6.36. The molecule has 2 saturated heterocycles. The second-order valence-electron chi connectivity index (χ2n) is 8.61. The molecule has 0 aliphatic carbocycles. The van der Waals surface area contributed by atoms with Gasteiger partial charge in [0.15, 0.2) is 16.8 Å². The van der Waals surface area contributed by atoms with E-state index in [4.69, 9.17) is 20.8 Å². The van der Waals surface area contributed by atoms with Crippen molar-refractivity contribution in [3.63, 3.8) is 0 Å². The van der Waals surface area contributed by atoms with E-state index in [2.05, 4.69) is 27.1 Å². The first-order valence-electron chi connectivity index (χ1n) is 11.4. The molecule has 2 aliphatic rings. The Morgan fingerprint density at radius 1 is 0.971 bits per heavy atom. The molecule has 0 spiro atoms. The maximum absolute atomic E-state index is 13.2. The molecule has 0 saturated carbocycles. The van der Waals surface area contributed by atoms with Gasteiger partial charge in [-0.15, -0.1) is 0 Å². The van der Waals surface area contributed by atoms with Crippen molar-refractivity contribution in [2.45, 2.75) is 0 Å². The lowest BCUT2D eigenvalue weighted by atomic mass is 10.1. The van der Waals surface area contributed by atoms with E-state index in [1.807, 2.05) is 12.1 Å². The van der Waals surface area contributed by atoms with Gasteiger partial charge < -0.3 is 29.2 Å². The summed E-state index contributed by atoms with van der Waals surface area (Å²) in [5.41, 5.74) is 2.32. The molecule has 2 aromatic carbocycles. The summed E-state index contributed by atoms with van der Waals surface area (Å²) in [6, 6.07) is 12.1. The molecule has 8 nitrogen and oxygen atoms in total. The lowest BCUT2D eigenvalue weighted by Crippen LogP contribution is -2.44. The quantitative estimate of drug-likeness (QED) is 0.611. The Morgan fingerprint density at radius 2 is 1.71 bits per heavy atom. The Kier molecular flexibility index (Phi) is 6.45. The van der Waals surface area contributed by atoms with Gasteiger partial charge in [0.05, 0.1) is 40.7 Å². The van der Waals surface area contributed by atoms with E-state index in [1.54, 1.807) is 24.3 Å². The first-order valence-corrected chi connectivity index (χ1v) is 11.8. The zero-order valence-electron chi connectivity index (χ0n) is 19.1. The Labute approximate surface area is 202 Å². The second kappa shape index (κ2) is 9.66. The number of likely N-dealkylation sites (N-methyl/N-ethyl adjacent to an activating group) is 1. The number of fused-ring (bicyclic) bond motifs is 1. The molecule has 3 heterocycles. The third-order valence-corrected chi connectivity index (χ3v) is 6.67. The van der Waals surface area contributed by atoms with E-state index in [0.717, 1.165) is 37.6 Å². The molecule has 178 valence electrons. The predicted molar refractivity (Wildman–Crippen MR) is 135 cm³/mol. The summed E-state index contributed by atoms with van der Waals surface area (Å²) < 4.78 is 11.5. The van der Waals surface area contributed by atoms with Crippen molar-refractivity contribution in [1.29, 1.82) is 0 Å².